The maximum atomic E-state index is 10.8. The van der Waals surface area contributed by atoms with Crippen molar-refractivity contribution in [3.05, 3.63) is 0 Å². The molecule has 0 amide bonds. The molecule has 0 aromatic carbocycles. The summed E-state index contributed by atoms with van der Waals surface area (Å²) < 4.78 is 22.7. The lowest BCUT2D eigenvalue weighted by molar-refractivity contribution is -0.114. The van der Waals surface area contributed by atoms with E-state index < -0.39 is 15.8 Å². The van der Waals surface area contributed by atoms with Gasteiger partial charge in [-0.05, 0) is 6.92 Å². The summed E-state index contributed by atoms with van der Waals surface area (Å²) in [5.41, 5.74) is 0. The van der Waals surface area contributed by atoms with Crippen LogP contribution in [0.5, 0.6) is 0 Å². The van der Waals surface area contributed by atoms with Crippen LogP contribution in [0.3, 0.4) is 0 Å². The molecule has 0 spiro atoms. The number of carbonyl (C=O) groups excluding carboxylic acids is 1. The van der Waals surface area contributed by atoms with Gasteiger partial charge in [0.2, 0.25) is 10.0 Å². The fraction of sp³-hybridized carbons (Fsp3) is 0.800. The Labute approximate surface area is 60.9 Å². The smallest absolute Gasteiger partial charge is 0.220 e. The Morgan fingerprint density at radius 2 is 1.80 bits per heavy atom. The number of hydrogen-bond donors (Lipinski definition) is 0. The molecule has 0 aliphatic carbocycles. The second kappa shape index (κ2) is 3.12. The summed E-state index contributed by atoms with van der Waals surface area (Å²) >= 11 is 0. The molecule has 5 heteroatoms. The van der Waals surface area contributed by atoms with E-state index in [4.69, 9.17) is 0 Å². The number of sulfonamides is 1. The van der Waals surface area contributed by atoms with Gasteiger partial charge in [0.25, 0.3) is 0 Å². The quantitative estimate of drug-likeness (QED) is 0.564. The van der Waals surface area contributed by atoms with Crippen molar-refractivity contribution < 1.29 is 13.2 Å². The average molecular weight is 165 g/mol. The topological polar surface area (TPSA) is 54.5 Å². The van der Waals surface area contributed by atoms with Crippen LogP contribution in [-0.2, 0) is 14.8 Å². The Kier molecular flexibility index (Phi) is 2.98. The van der Waals surface area contributed by atoms with Crippen LogP contribution in [0.15, 0.2) is 0 Å². The van der Waals surface area contributed by atoms with E-state index in [1.54, 1.807) is 0 Å². The van der Waals surface area contributed by atoms with Crippen molar-refractivity contribution in [2.75, 3.05) is 19.8 Å². The normalized spacial score (nSPS) is 12.0. The molecule has 0 rings (SSSR count). The van der Waals surface area contributed by atoms with Crippen LogP contribution in [0, 0.1) is 0 Å². The van der Waals surface area contributed by atoms with Gasteiger partial charge in [0.1, 0.15) is 11.5 Å². The molecule has 0 aliphatic rings. The summed E-state index contributed by atoms with van der Waals surface area (Å²) in [6.07, 6.45) is 0. The highest BCUT2D eigenvalue weighted by molar-refractivity contribution is 7.89. The Bertz CT molecular complexity index is 217. The highest BCUT2D eigenvalue weighted by Crippen LogP contribution is 1.93. The predicted octanol–water partition coefficient (Wildman–Crippen LogP) is -0.533. The van der Waals surface area contributed by atoms with Gasteiger partial charge in [0.05, 0.1) is 0 Å². The molecule has 0 fully saturated rings. The van der Waals surface area contributed by atoms with Gasteiger partial charge < -0.3 is 0 Å². The summed E-state index contributed by atoms with van der Waals surface area (Å²) in [4.78, 5) is 10.4. The molecule has 0 radical (unpaired) electrons. The van der Waals surface area contributed by atoms with Crippen molar-refractivity contribution in [3.8, 4) is 0 Å². The van der Waals surface area contributed by atoms with E-state index in [0.29, 0.717) is 0 Å². The lowest BCUT2D eigenvalue weighted by Gasteiger charge is -2.08. The van der Waals surface area contributed by atoms with Gasteiger partial charge in [-0.15, -0.1) is 0 Å². The molecule has 0 aromatic rings. The first-order chi connectivity index (χ1) is 4.36. The summed E-state index contributed by atoms with van der Waals surface area (Å²) in [5.74, 6) is -0.742. The second-order valence-electron chi connectivity index (χ2n) is 2.24. The van der Waals surface area contributed by atoms with Crippen LogP contribution >= 0.6 is 0 Å². The number of ketones is 1. The molecule has 0 bridgehead atoms. The van der Waals surface area contributed by atoms with Crippen molar-refractivity contribution >= 4 is 15.8 Å². The Balaban J connectivity index is 4.31. The Hall–Kier alpha value is -0.420. The lowest BCUT2D eigenvalue weighted by atomic mass is 10.5. The molecule has 0 atom stereocenters. The molecular formula is C5H11NO3S. The van der Waals surface area contributed by atoms with Crippen LogP contribution in [-0.4, -0.2) is 38.4 Å². The minimum atomic E-state index is -3.31. The standard InChI is InChI=1S/C5H11NO3S/c1-5(7)4-10(8,9)6(2)3/h4H2,1-3H3. The number of Topliss-reactive ketones (excluding diaryl/α,β-unsaturated/α-hetero) is 1. The highest BCUT2D eigenvalue weighted by atomic mass is 32.2. The van der Waals surface area contributed by atoms with Crippen molar-refractivity contribution in [2.45, 2.75) is 6.92 Å². The highest BCUT2D eigenvalue weighted by Gasteiger charge is 2.15. The van der Waals surface area contributed by atoms with Crippen molar-refractivity contribution in [3.63, 3.8) is 0 Å². The SMILES string of the molecule is CC(=O)CS(=O)(=O)N(C)C. The Morgan fingerprint density at radius 1 is 1.40 bits per heavy atom. The van der Waals surface area contributed by atoms with Gasteiger partial charge >= 0.3 is 0 Å². The number of carbonyl (C=O) groups is 1. The van der Waals surface area contributed by atoms with Crippen LogP contribution in [0.1, 0.15) is 6.92 Å². The van der Waals surface area contributed by atoms with Crippen LogP contribution < -0.4 is 0 Å². The molecule has 60 valence electrons. The van der Waals surface area contributed by atoms with Gasteiger partial charge in [-0.25, -0.2) is 12.7 Å². The van der Waals surface area contributed by atoms with E-state index in [2.05, 4.69) is 0 Å². The van der Waals surface area contributed by atoms with Crippen molar-refractivity contribution in [2.24, 2.45) is 0 Å². The molecule has 0 aliphatic heterocycles. The van der Waals surface area contributed by atoms with E-state index in [1.807, 2.05) is 0 Å². The molecule has 0 unspecified atom stereocenters. The summed E-state index contributed by atoms with van der Waals surface area (Å²) in [7, 11) is -0.512. The molecule has 0 saturated heterocycles. The number of nitrogens with zero attached hydrogens (tertiary/aromatic N) is 1. The van der Waals surface area contributed by atoms with Crippen LogP contribution in [0.25, 0.3) is 0 Å². The molecule has 4 nitrogen and oxygen atoms in total. The zero-order chi connectivity index (χ0) is 8.36. The third-order valence-corrected chi connectivity index (χ3v) is 2.83. The van der Waals surface area contributed by atoms with E-state index in [9.17, 15) is 13.2 Å². The third kappa shape index (κ3) is 2.93. The van der Waals surface area contributed by atoms with Gasteiger partial charge in [0, 0.05) is 14.1 Å². The maximum Gasteiger partial charge on any atom is 0.220 e. The fourth-order valence-corrected chi connectivity index (χ4v) is 1.16. The first kappa shape index (κ1) is 9.58. The van der Waals surface area contributed by atoms with Gasteiger partial charge in [-0.3, -0.25) is 4.79 Å². The summed E-state index contributed by atoms with van der Waals surface area (Å²) in [6, 6.07) is 0. The van der Waals surface area contributed by atoms with E-state index in [-0.39, 0.29) is 5.78 Å². The second-order valence-corrected chi connectivity index (χ2v) is 4.42. The first-order valence-electron chi connectivity index (χ1n) is 2.76. The molecule has 0 aromatic heterocycles. The lowest BCUT2D eigenvalue weighted by Crippen LogP contribution is -2.27. The molecular weight excluding hydrogens is 154 g/mol. The minimum absolute atomic E-state index is 0.339. The van der Waals surface area contributed by atoms with E-state index in [0.717, 1.165) is 4.31 Å². The third-order valence-electron chi connectivity index (χ3n) is 0.942. The van der Waals surface area contributed by atoms with Crippen LogP contribution in [0.2, 0.25) is 0 Å². The van der Waals surface area contributed by atoms with Gasteiger partial charge in [-0.1, -0.05) is 0 Å². The summed E-state index contributed by atoms with van der Waals surface area (Å²) in [6.45, 7) is 1.25. The first-order valence-corrected chi connectivity index (χ1v) is 4.37. The fourth-order valence-electron chi connectivity index (χ4n) is 0.386. The number of rotatable bonds is 3. The molecule has 10 heavy (non-hydrogen) atoms. The van der Waals surface area contributed by atoms with E-state index in [1.165, 1.54) is 21.0 Å². The zero-order valence-electron chi connectivity index (χ0n) is 6.29. The maximum absolute atomic E-state index is 10.8. The zero-order valence-corrected chi connectivity index (χ0v) is 7.10. The van der Waals surface area contributed by atoms with Gasteiger partial charge in [0.15, 0.2) is 0 Å². The van der Waals surface area contributed by atoms with Crippen molar-refractivity contribution in [1.82, 2.24) is 4.31 Å². The minimum Gasteiger partial charge on any atom is -0.299 e. The number of hydrogen-bond acceptors (Lipinski definition) is 3. The summed E-state index contributed by atoms with van der Waals surface area (Å²) in [5, 5.41) is 0. The predicted molar refractivity (Wildman–Crippen MR) is 38.2 cm³/mol. The molecule has 0 N–H and O–H groups in total. The largest absolute Gasteiger partial charge is 0.299 e. The monoisotopic (exact) mass is 165 g/mol. The van der Waals surface area contributed by atoms with Crippen LogP contribution in [0.4, 0.5) is 0 Å². The average Bonchev–Trinajstić information content (AvgIpc) is 1.60. The van der Waals surface area contributed by atoms with Gasteiger partial charge in [-0.2, -0.15) is 0 Å². The Morgan fingerprint density at radius 3 is 1.90 bits per heavy atom. The molecule has 0 saturated carbocycles. The van der Waals surface area contributed by atoms with Crippen molar-refractivity contribution in [1.29, 1.82) is 0 Å². The van der Waals surface area contributed by atoms with E-state index >= 15 is 0 Å². The molecule has 0 heterocycles.